The van der Waals surface area contributed by atoms with Crippen LogP contribution < -0.4 is 0 Å². The molecule has 5 aromatic rings. The summed E-state index contributed by atoms with van der Waals surface area (Å²) in [6.07, 6.45) is -8.65. The smallest absolute Gasteiger partial charge is 0.320 e. The number of hydrogen-bond acceptors (Lipinski definition) is 12. The number of hydrogen-bond donors (Lipinski definition) is 1. The summed E-state index contributed by atoms with van der Waals surface area (Å²) in [7, 11) is 0. The molecule has 0 unspecified atom stereocenters. The van der Waals surface area contributed by atoms with E-state index in [9.17, 15) is 9.90 Å². The number of aliphatic hydroxyl groups is 1. The second-order valence-electron chi connectivity index (χ2n) is 15.5. The summed E-state index contributed by atoms with van der Waals surface area (Å²) < 4.78 is 59.6. The quantitative estimate of drug-likeness (QED) is 0.0502. The minimum atomic E-state index is -1.32. The molecule has 13 heteroatoms. The van der Waals surface area contributed by atoms with Crippen LogP contribution in [0.4, 0.5) is 0 Å². The highest BCUT2D eigenvalue weighted by Crippen LogP contribution is 2.38. The minimum absolute atomic E-state index is 0.128. The average molecular weight is 914 g/mol. The maximum absolute atomic E-state index is 12.5. The lowest BCUT2D eigenvalue weighted by atomic mass is 9.96. The summed E-state index contributed by atoms with van der Waals surface area (Å²) in [5, 5.41) is 12.4. The fraction of sp³-hybridized carbons (Fsp3) is 0.392. The molecule has 0 spiro atoms. The highest BCUT2D eigenvalue weighted by atomic mass is 35.5. The van der Waals surface area contributed by atoms with Gasteiger partial charge in [0.1, 0.15) is 66.8 Å². The maximum Gasteiger partial charge on any atom is 0.320 e. The predicted molar refractivity (Wildman–Crippen MR) is 244 cm³/mol. The molecule has 340 valence electrons. The van der Waals surface area contributed by atoms with Gasteiger partial charge in [-0.15, -0.1) is 23.4 Å². The fourth-order valence-electron chi connectivity index (χ4n) is 7.67. The molecule has 2 aliphatic heterocycles. The van der Waals surface area contributed by atoms with E-state index in [-0.39, 0.29) is 45.5 Å². The molecule has 2 fully saturated rings. The van der Waals surface area contributed by atoms with Crippen LogP contribution in [-0.2, 0) is 80.5 Å². The van der Waals surface area contributed by atoms with Gasteiger partial charge in [-0.05, 0) is 33.6 Å². The number of benzene rings is 5. The van der Waals surface area contributed by atoms with Crippen molar-refractivity contribution in [2.24, 2.45) is 0 Å². The topological polar surface area (TPSA) is 120 Å². The fourth-order valence-corrected chi connectivity index (χ4v) is 8.72. The van der Waals surface area contributed by atoms with Gasteiger partial charge in [-0.25, -0.2) is 0 Å². The second kappa shape index (κ2) is 25.5. The first-order valence-electron chi connectivity index (χ1n) is 21.7. The van der Waals surface area contributed by atoms with Crippen molar-refractivity contribution in [2.75, 3.05) is 24.8 Å². The van der Waals surface area contributed by atoms with Gasteiger partial charge in [0, 0.05) is 0 Å². The van der Waals surface area contributed by atoms with Crippen molar-refractivity contribution in [3.8, 4) is 0 Å². The molecule has 7 rings (SSSR count). The van der Waals surface area contributed by atoms with Crippen molar-refractivity contribution in [3.05, 3.63) is 179 Å². The highest BCUT2D eigenvalue weighted by molar-refractivity contribution is 7.99. The van der Waals surface area contributed by atoms with E-state index in [4.69, 9.17) is 54.2 Å². The number of thioether (sulfide) groups is 1. The van der Waals surface area contributed by atoms with Gasteiger partial charge in [0.2, 0.25) is 0 Å². The van der Waals surface area contributed by atoms with Crippen LogP contribution in [0.2, 0.25) is 0 Å². The van der Waals surface area contributed by atoms with E-state index >= 15 is 0 Å². The third kappa shape index (κ3) is 13.9. The molecule has 5 aromatic carbocycles. The Morgan fingerprint density at radius 2 is 0.969 bits per heavy atom. The summed E-state index contributed by atoms with van der Waals surface area (Å²) in [6, 6.07) is 48.9. The number of rotatable bonds is 23. The molecular weight excluding hydrogens is 856 g/mol. The zero-order valence-corrected chi connectivity index (χ0v) is 37.5. The molecule has 0 bridgehead atoms. The van der Waals surface area contributed by atoms with Gasteiger partial charge in [0.25, 0.3) is 0 Å². The number of halogens is 1. The number of alkyl halides is 1. The SMILES string of the molecule is CCS[C@H]1O[C@H](COCc2ccccc2)[C@@H](OCc2ccccc2)[C@H](O[C@H]2O[C@H](COC(=O)CCl)[C@@H](OCc3ccccc3)[C@H](O)[C@@H]2OCc2ccccc2)[C@@H]1OCc1ccccc1. The predicted octanol–water partition coefficient (Wildman–Crippen LogP) is 8.28. The molecule has 0 saturated carbocycles. The maximum atomic E-state index is 12.5. The number of carbonyl (C=O) groups is 1. The first kappa shape index (κ1) is 47.8. The van der Waals surface area contributed by atoms with Gasteiger partial charge in [0.05, 0.1) is 39.6 Å². The third-order valence-electron chi connectivity index (χ3n) is 10.9. The number of aliphatic hydroxyl groups excluding tert-OH is 1. The zero-order valence-electron chi connectivity index (χ0n) is 35.9. The Kier molecular flexibility index (Phi) is 19.1. The van der Waals surface area contributed by atoms with Crippen molar-refractivity contribution in [1.82, 2.24) is 0 Å². The molecule has 2 aliphatic rings. The Hall–Kier alpha value is -4.15. The van der Waals surface area contributed by atoms with E-state index in [1.54, 1.807) is 11.8 Å². The van der Waals surface area contributed by atoms with Crippen LogP contribution in [-0.4, -0.2) is 96.5 Å². The summed E-state index contributed by atoms with van der Waals surface area (Å²) >= 11 is 7.46. The monoisotopic (exact) mass is 912 g/mol. The van der Waals surface area contributed by atoms with Gasteiger partial charge >= 0.3 is 5.97 Å². The summed E-state index contributed by atoms with van der Waals surface area (Å²) in [5.41, 5.74) is 4.16. The Morgan fingerprint density at radius 1 is 0.547 bits per heavy atom. The summed E-state index contributed by atoms with van der Waals surface area (Å²) in [5.74, 6) is -0.292. The number of esters is 1. The van der Waals surface area contributed by atoms with Crippen LogP contribution >= 0.6 is 23.4 Å². The molecule has 2 saturated heterocycles. The van der Waals surface area contributed by atoms with Gasteiger partial charge in [-0.1, -0.05) is 159 Å². The van der Waals surface area contributed by atoms with Gasteiger partial charge in [-0.2, -0.15) is 0 Å². The van der Waals surface area contributed by atoms with Crippen LogP contribution in [0, 0.1) is 0 Å². The van der Waals surface area contributed by atoms with E-state index in [1.165, 1.54) is 0 Å². The van der Waals surface area contributed by atoms with Crippen LogP contribution in [0.3, 0.4) is 0 Å². The molecule has 64 heavy (non-hydrogen) atoms. The number of carbonyl (C=O) groups excluding carboxylic acids is 1. The van der Waals surface area contributed by atoms with Crippen LogP contribution in [0.15, 0.2) is 152 Å². The normalized spacial score (nSPS) is 25.7. The average Bonchev–Trinajstić information content (AvgIpc) is 3.34. The molecular formula is C51H57ClO11S. The highest BCUT2D eigenvalue weighted by Gasteiger charge is 2.54. The molecule has 0 aliphatic carbocycles. The van der Waals surface area contributed by atoms with Crippen molar-refractivity contribution < 1.29 is 52.5 Å². The van der Waals surface area contributed by atoms with Crippen molar-refractivity contribution in [3.63, 3.8) is 0 Å². The van der Waals surface area contributed by atoms with Crippen LogP contribution in [0.25, 0.3) is 0 Å². The van der Waals surface area contributed by atoms with Crippen molar-refractivity contribution in [2.45, 2.75) is 101 Å². The molecule has 0 aromatic heterocycles. The molecule has 1 N–H and O–H groups in total. The van der Waals surface area contributed by atoms with E-state index in [0.717, 1.165) is 27.8 Å². The van der Waals surface area contributed by atoms with Gasteiger partial charge < -0.3 is 47.7 Å². The summed E-state index contributed by atoms with van der Waals surface area (Å²) in [6.45, 7) is 3.09. The van der Waals surface area contributed by atoms with Crippen LogP contribution in [0.5, 0.6) is 0 Å². The largest absolute Gasteiger partial charge is 0.462 e. The summed E-state index contributed by atoms with van der Waals surface area (Å²) in [4.78, 5) is 12.5. The lowest BCUT2D eigenvalue weighted by Crippen LogP contribution is -2.65. The van der Waals surface area contributed by atoms with Gasteiger partial charge in [-0.3, -0.25) is 4.79 Å². The number of ether oxygens (including phenoxy) is 9. The minimum Gasteiger partial charge on any atom is -0.462 e. The van der Waals surface area contributed by atoms with Crippen molar-refractivity contribution in [1.29, 1.82) is 0 Å². The lowest BCUT2D eigenvalue weighted by Gasteiger charge is -2.49. The van der Waals surface area contributed by atoms with E-state index < -0.39 is 66.5 Å². The molecule has 10 atom stereocenters. The van der Waals surface area contributed by atoms with Crippen LogP contribution in [0.1, 0.15) is 34.7 Å². The van der Waals surface area contributed by atoms with Crippen molar-refractivity contribution >= 4 is 29.3 Å². The first-order chi connectivity index (χ1) is 31.5. The Balaban J connectivity index is 1.25. The molecule has 2 heterocycles. The second-order valence-corrected chi connectivity index (χ2v) is 17.1. The molecule has 0 amide bonds. The van der Waals surface area contributed by atoms with Gasteiger partial charge in [0.15, 0.2) is 6.29 Å². The Bertz CT molecular complexity index is 2060. The van der Waals surface area contributed by atoms with E-state index in [2.05, 4.69) is 6.92 Å². The Labute approximate surface area is 385 Å². The van der Waals surface area contributed by atoms with E-state index in [0.29, 0.717) is 12.4 Å². The Morgan fingerprint density at radius 3 is 1.44 bits per heavy atom. The zero-order chi connectivity index (χ0) is 44.4. The third-order valence-corrected chi connectivity index (χ3v) is 12.1. The lowest BCUT2D eigenvalue weighted by molar-refractivity contribution is -0.354. The first-order valence-corrected chi connectivity index (χ1v) is 23.3. The molecule has 0 radical (unpaired) electrons. The molecule has 11 nitrogen and oxygen atoms in total. The standard InChI is InChI=1S/C51H57ClO11S/c1-2-64-51-49(60-33-40-26-16-7-17-27-40)48(46(58-31-38-22-12-5-13-23-38)41(62-51)34-55-29-36-18-8-3-9-19-36)63-50-47(59-32-39-24-14-6-15-25-39)44(54)45(42(61-50)35-56-43(53)28-52)57-30-37-20-10-4-11-21-37/h3-27,41-42,44-51,54H,2,28-35H2,1H3/t41-,42-,44+,45-,46-,47+,48+,49+,50-,51-/m1/s1. The van der Waals surface area contributed by atoms with E-state index in [1.807, 2.05) is 152 Å².